The molecule has 1 aromatic rings. The van der Waals surface area contributed by atoms with Crippen LogP contribution in [-0.2, 0) is 11.3 Å². The summed E-state index contributed by atoms with van der Waals surface area (Å²) in [6.07, 6.45) is 0. The molecule has 0 aliphatic carbocycles. The third-order valence-electron chi connectivity index (χ3n) is 2.16. The van der Waals surface area contributed by atoms with E-state index in [9.17, 15) is 4.79 Å². The highest BCUT2D eigenvalue weighted by atomic mass is 16.5. The van der Waals surface area contributed by atoms with Crippen LogP contribution in [0.5, 0.6) is 11.5 Å². The van der Waals surface area contributed by atoms with Gasteiger partial charge in [0.25, 0.3) is 12.5 Å². The maximum absolute atomic E-state index is 11.1. The summed E-state index contributed by atoms with van der Waals surface area (Å²) in [5.74, 6) is 0.975. The lowest BCUT2D eigenvalue weighted by molar-refractivity contribution is -0.119. The molecule has 0 aromatic heterocycles. The van der Waals surface area contributed by atoms with Gasteiger partial charge in [-0.1, -0.05) is 6.07 Å². The van der Waals surface area contributed by atoms with E-state index in [0.29, 0.717) is 18.0 Å². The minimum absolute atomic E-state index is 0.146. The fourth-order valence-electron chi connectivity index (χ4n) is 1.32. The monoisotopic (exact) mass is 234 g/mol. The van der Waals surface area contributed by atoms with Crippen molar-refractivity contribution in [2.45, 2.75) is 6.54 Å². The Labute approximate surface area is 100 Å². The Hall–Kier alpha value is -2.22. The van der Waals surface area contributed by atoms with Crippen LogP contribution in [0.2, 0.25) is 0 Å². The van der Waals surface area contributed by atoms with Crippen LogP contribution in [0, 0.1) is 6.57 Å². The largest absolute Gasteiger partial charge is 0.493 e. The zero-order valence-electron chi connectivity index (χ0n) is 9.82. The van der Waals surface area contributed by atoms with E-state index in [0.717, 1.165) is 5.56 Å². The first-order chi connectivity index (χ1) is 8.21. The molecule has 0 unspecified atom stereocenters. The fraction of sp³-hybridized carbons (Fsp3) is 0.333. The molecule has 1 rings (SSSR count). The molecule has 17 heavy (non-hydrogen) atoms. The average Bonchev–Trinajstić information content (AvgIpc) is 2.36. The molecule has 0 fully saturated rings. The van der Waals surface area contributed by atoms with Gasteiger partial charge in [-0.3, -0.25) is 4.79 Å². The molecule has 0 heterocycles. The number of benzene rings is 1. The maximum Gasteiger partial charge on any atom is 0.300 e. The summed E-state index contributed by atoms with van der Waals surface area (Å²) in [6, 6.07) is 5.39. The summed E-state index contributed by atoms with van der Waals surface area (Å²) >= 11 is 0. The molecule has 0 spiro atoms. The van der Waals surface area contributed by atoms with Crippen molar-refractivity contribution in [1.29, 1.82) is 0 Å². The van der Waals surface area contributed by atoms with Crippen LogP contribution < -0.4 is 14.8 Å². The Morgan fingerprint density at radius 3 is 2.65 bits per heavy atom. The van der Waals surface area contributed by atoms with Gasteiger partial charge in [-0.05, 0) is 17.7 Å². The Bertz CT molecular complexity index is 438. The van der Waals surface area contributed by atoms with E-state index in [1.165, 1.54) is 0 Å². The molecule has 1 aromatic carbocycles. The predicted molar refractivity (Wildman–Crippen MR) is 62.9 cm³/mol. The van der Waals surface area contributed by atoms with Gasteiger partial charge < -0.3 is 19.6 Å². The van der Waals surface area contributed by atoms with Crippen LogP contribution in [-0.4, -0.2) is 26.7 Å². The van der Waals surface area contributed by atoms with Gasteiger partial charge in [0, 0.05) is 6.54 Å². The molecular formula is C12H14N2O3. The second kappa shape index (κ2) is 6.38. The van der Waals surface area contributed by atoms with E-state index < -0.39 is 0 Å². The van der Waals surface area contributed by atoms with E-state index in [2.05, 4.69) is 10.2 Å². The van der Waals surface area contributed by atoms with Gasteiger partial charge in [0.15, 0.2) is 11.5 Å². The van der Waals surface area contributed by atoms with Crippen LogP contribution in [0.15, 0.2) is 18.2 Å². The van der Waals surface area contributed by atoms with Crippen LogP contribution in [0.3, 0.4) is 0 Å². The highest BCUT2D eigenvalue weighted by molar-refractivity contribution is 5.79. The number of hydrogen-bond acceptors (Lipinski definition) is 3. The highest BCUT2D eigenvalue weighted by Gasteiger charge is 2.06. The van der Waals surface area contributed by atoms with Crippen molar-refractivity contribution >= 4 is 5.91 Å². The molecule has 5 heteroatoms. The number of carbonyl (C=O) groups is 1. The van der Waals surface area contributed by atoms with Gasteiger partial charge in [0.2, 0.25) is 0 Å². The zero-order valence-corrected chi connectivity index (χ0v) is 9.82. The fourth-order valence-corrected chi connectivity index (χ4v) is 1.32. The van der Waals surface area contributed by atoms with E-state index >= 15 is 0 Å². The lowest BCUT2D eigenvalue weighted by Gasteiger charge is -2.09. The van der Waals surface area contributed by atoms with E-state index in [4.69, 9.17) is 16.0 Å². The van der Waals surface area contributed by atoms with Crippen LogP contribution in [0.25, 0.3) is 4.85 Å². The van der Waals surface area contributed by atoms with Crippen molar-refractivity contribution in [3.05, 3.63) is 35.2 Å². The van der Waals surface area contributed by atoms with Crippen molar-refractivity contribution in [2.24, 2.45) is 0 Å². The Kier molecular flexibility index (Phi) is 4.82. The molecule has 5 nitrogen and oxygen atoms in total. The first kappa shape index (κ1) is 12.8. The van der Waals surface area contributed by atoms with Crippen molar-refractivity contribution in [1.82, 2.24) is 5.32 Å². The molecule has 90 valence electrons. The quantitative estimate of drug-likeness (QED) is 0.780. The molecule has 1 amide bonds. The summed E-state index contributed by atoms with van der Waals surface area (Å²) in [5.41, 5.74) is 0.890. The number of hydrogen-bond donors (Lipinski definition) is 1. The zero-order chi connectivity index (χ0) is 12.7. The summed E-state index contributed by atoms with van der Waals surface area (Å²) in [5, 5.41) is 2.64. The van der Waals surface area contributed by atoms with Crippen molar-refractivity contribution in [3.8, 4) is 11.5 Å². The van der Waals surface area contributed by atoms with E-state index in [1.54, 1.807) is 26.4 Å². The van der Waals surface area contributed by atoms with Gasteiger partial charge in [-0.15, -0.1) is 0 Å². The predicted octanol–water partition coefficient (Wildman–Crippen LogP) is 1.24. The van der Waals surface area contributed by atoms with Crippen LogP contribution >= 0.6 is 0 Å². The highest BCUT2D eigenvalue weighted by Crippen LogP contribution is 2.27. The molecular weight excluding hydrogens is 220 g/mol. The van der Waals surface area contributed by atoms with Crippen LogP contribution in [0.1, 0.15) is 5.56 Å². The molecule has 0 saturated heterocycles. The molecule has 0 aliphatic heterocycles. The van der Waals surface area contributed by atoms with Gasteiger partial charge in [-0.2, -0.15) is 0 Å². The average molecular weight is 234 g/mol. The van der Waals surface area contributed by atoms with Gasteiger partial charge in [-0.25, -0.2) is 6.57 Å². The minimum atomic E-state index is -0.283. The second-order valence-electron chi connectivity index (χ2n) is 3.28. The lowest BCUT2D eigenvalue weighted by atomic mass is 10.2. The number of carbonyl (C=O) groups excluding carboxylic acids is 1. The second-order valence-corrected chi connectivity index (χ2v) is 3.28. The number of methoxy groups -OCH3 is 2. The van der Waals surface area contributed by atoms with E-state index in [1.807, 2.05) is 6.07 Å². The van der Waals surface area contributed by atoms with Gasteiger partial charge in [0.1, 0.15) is 0 Å². The summed E-state index contributed by atoms with van der Waals surface area (Å²) < 4.78 is 10.2. The summed E-state index contributed by atoms with van der Waals surface area (Å²) in [4.78, 5) is 14.1. The molecule has 0 aliphatic rings. The van der Waals surface area contributed by atoms with E-state index in [-0.39, 0.29) is 12.5 Å². The maximum atomic E-state index is 11.1. The number of ether oxygens (including phenoxy) is 2. The molecule has 0 bridgehead atoms. The van der Waals surface area contributed by atoms with Crippen LogP contribution in [0.4, 0.5) is 0 Å². The molecule has 1 N–H and O–H groups in total. The van der Waals surface area contributed by atoms with Gasteiger partial charge in [0.05, 0.1) is 14.2 Å². The molecule has 0 atom stereocenters. The lowest BCUT2D eigenvalue weighted by Crippen LogP contribution is -2.24. The summed E-state index contributed by atoms with van der Waals surface area (Å²) in [7, 11) is 3.12. The van der Waals surface area contributed by atoms with Crippen molar-refractivity contribution in [2.75, 3.05) is 20.8 Å². The summed E-state index contributed by atoms with van der Waals surface area (Å²) in [6.45, 7) is 6.78. The normalized spacial score (nSPS) is 9.24. The first-order valence-corrected chi connectivity index (χ1v) is 5.02. The number of amides is 1. The standard InChI is InChI=1S/C12H14N2O3/c1-13-8-12(15)14-7-9-4-5-10(16-2)11(6-9)17-3/h4-6H,7-8H2,2-3H3,(H,14,15). The topological polar surface area (TPSA) is 51.9 Å². The number of nitrogens with zero attached hydrogens (tertiary/aromatic N) is 1. The SMILES string of the molecule is [C-]#[N+]CC(=O)NCc1ccc(OC)c(OC)c1. The third-order valence-corrected chi connectivity index (χ3v) is 2.16. The number of nitrogens with one attached hydrogen (secondary N) is 1. The van der Waals surface area contributed by atoms with Crippen molar-refractivity contribution in [3.63, 3.8) is 0 Å². The molecule has 0 saturated carbocycles. The Morgan fingerprint density at radius 1 is 1.35 bits per heavy atom. The first-order valence-electron chi connectivity index (χ1n) is 5.02. The smallest absolute Gasteiger partial charge is 0.300 e. The third kappa shape index (κ3) is 3.68. The van der Waals surface area contributed by atoms with Gasteiger partial charge >= 0.3 is 0 Å². The molecule has 0 radical (unpaired) electrons. The Morgan fingerprint density at radius 2 is 2.06 bits per heavy atom. The number of rotatable bonds is 5. The van der Waals surface area contributed by atoms with Crippen molar-refractivity contribution < 1.29 is 14.3 Å². The minimum Gasteiger partial charge on any atom is -0.493 e. The Balaban J connectivity index is 2.67.